The average molecular weight is 312 g/mol. The van der Waals surface area contributed by atoms with Gasteiger partial charge in [0, 0.05) is 17.5 Å². The van der Waals surface area contributed by atoms with Gasteiger partial charge < -0.3 is 4.74 Å². The van der Waals surface area contributed by atoms with E-state index < -0.39 is 0 Å². The summed E-state index contributed by atoms with van der Waals surface area (Å²) in [5.74, 6) is -0.0830. The minimum absolute atomic E-state index is 0.0830. The Kier molecular flexibility index (Phi) is 8.40. The van der Waals surface area contributed by atoms with Crippen LogP contribution in [0, 0.1) is 0 Å². The smallest absolute Gasteiger partial charge is 0.305 e. The summed E-state index contributed by atoms with van der Waals surface area (Å²) in [5, 5.41) is 0.771. The van der Waals surface area contributed by atoms with Crippen LogP contribution in [-0.2, 0) is 9.53 Å². The van der Waals surface area contributed by atoms with Crippen molar-refractivity contribution in [2.45, 2.75) is 45.6 Å². The fourth-order valence-corrected chi connectivity index (χ4v) is 2.36. The van der Waals surface area contributed by atoms with Gasteiger partial charge in [-0.05, 0) is 58.0 Å². The van der Waals surface area contributed by atoms with Crippen LogP contribution in [-0.4, -0.2) is 31.1 Å². The Morgan fingerprint density at radius 3 is 2.52 bits per heavy atom. The van der Waals surface area contributed by atoms with Crippen molar-refractivity contribution in [3.8, 4) is 0 Å². The molecule has 0 aliphatic carbocycles. The van der Waals surface area contributed by atoms with Crippen molar-refractivity contribution in [2.24, 2.45) is 0 Å². The van der Waals surface area contributed by atoms with Gasteiger partial charge in [-0.15, -0.1) is 0 Å². The highest BCUT2D eigenvalue weighted by Crippen LogP contribution is 2.21. The lowest BCUT2D eigenvalue weighted by Crippen LogP contribution is -2.23. The lowest BCUT2D eigenvalue weighted by atomic mass is 10.1. The van der Waals surface area contributed by atoms with Gasteiger partial charge in [-0.2, -0.15) is 0 Å². The Morgan fingerprint density at radius 1 is 1.24 bits per heavy atom. The molecule has 3 nitrogen and oxygen atoms in total. The SMILES string of the molecule is CCOC(=O)CCCCCN(C)C(C)c1ccc(Cl)cc1. The van der Waals surface area contributed by atoms with E-state index in [2.05, 4.69) is 31.0 Å². The Labute approximate surface area is 133 Å². The van der Waals surface area contributed by atoms with Crippen molar-refractivity contribution < 1.29 is 9.53 Å². The molecule has 1 aromatic carbocycles. The summed E-state index contributed by atoms with van der Waals surface area (Å²) in [6.45, 7) is 5.53. The number of hydrogen-bond donors (Lipinski definition) is 0. The molecule has 0 aliphatic heterocycles. The standard InChI is InChI=1S/C17H26ClNO2/c1-4-21-17(20)8-6-5-7-13-19(3)14(2)15-9-11-16(18)12-10-15/h9-12,14H,4-8,13H2,1-3H3. The first-order valence-electron chi connectivity index (χ1n) is 7.66. The van der Waals surface area contributed by atoms with Gasteiger partial charge in [-0.25, -0.2) is 0 Å². The quantitative estimate of drug-likeness (QED) is 0.498. The van der Waals surface area contributed by atoms with Crippen LogP contribution in [0.4, 0.5) is 0 Å². The van der Waals surface area contributed by atoms with Gasteiger partial charge in [0.05, 0.1) is 6.61 Å². The zero-order chi connectivity index (χ0) is 15.7. The lowest BCUT2D eigenvalue weighted by molar-refractivity contribution is -0.143. The van der Waals surface area contributed by atoms with E-state index in [0.29, 0.717) is 19.1 Å². The van der Waals surface area contributed by atoms with Crippen molar-refractivity contribution in [3.05, 3.63) is 34.9 Å². The topological polar surface area (TPSA) is 29.5 Å². The van der Waals surface area contributed by atoms with Crippen LogP contribution in [0.25, 0.3) is 0 Å². The molecule has 0 bridgehead atoms. The highest BCUT2D eigenvalue weighted by Gasteiger charge is 2.11. The van der Waals surface area contributed by atoms with Crippen LogP contribution in [0.1, 0.15) is 51.1 Å². The van der Waals surface area contributed by atoms with E-state index in [1.807, 2.05) is 19.1 Å². The largest absolute Gasteiger partial charge is 0.466 e. The Balaban J connectivity index is 2.22. The van der Waals surface area contributed by atoms with Crippen LogP contribution in [0.5, 0.6) is 0 Å². The summed E-state index contributed by atoms with van der Waals surface area (Å²) >= 11 is 5.91. The maximum absolute atomic E-state index is 11.2. The van der Waals surface area contributed by atoms with E-state index >= 15 is 0 Å². The van der Waals surface area contributed by atoms with E-state index in [1.54, 1.807) is 0 Å². The molecule has 1 unspecified atom stereocenters. The van der Waals surface area contributed by atoms with Crippen LogP contribution < -0.4 is 0 Å². The third kappa shape index (κ3) is 6.96. The van der Waals surface area contributed by atoms with Gasteiger partial charge in [0.25, 0.3) is 0 Å². The Morgan fingerprint density at radius 2 is 1.90 bits per heavy atom. The first-order chi connectivity index (χ1) is 10.0. The predicted molar refractivity (Wildman–Crippen MR) is 87.6 cm³/mol. The second-order valence-electron chi connectivity index (χ2n) is 5.32. The summed E-state index contributed by atoms with van der Waals surface area (Å²) in [6, 6.07) is 8.38. The van der Waals surface area contributed by atoms with Gasteiger partial charge >= 0.3 is 5.97 Å². The number of carbonyl (C=O) groups is 1. The Bertz CT molecular complexity index is 419. The third-order valence-electron chi connectivity index (χ3n) is 3.71. The molecule has 21 heavy (non-hydrogen) atoms. The second kappa shape index (κ2) is 9.80. The third-order valence-corrected chi connectivity index (χ3v) is 3.96. The molecule has 0 heterocycles. The van der Waals surface area contributed by atoms with Gasteiger partial charge in [0.1, 0.15) is 0 Å². The highest BCUT2D eigenvalue weighted by molar-refractivity contribution is 6.30. The molecule has 1 atom stereocenters. The fourth-order valence-electron chi connectivity index (χ4n) is 2.23. The van der Waals surface area contributed by atoms with E-state index in [4.69, 9.17) is 16.3 Å². The van der Waals surface area contributed by atoms with Crippen LogP contribution >= 0.6 is 11.6 Å². The zero-order valence-electron chi connectivity index (χ0n) is 13.3. The molecule has 4 heteroatoms. The maximum Gasteiger partial charge on any atom is 0.305 e. The van der Waals surface area contributed by atoms with Gasteiger partial charge in [-0.3, -0.25) is 9.69 Å². The molecule has 0 radical (unpaired) electrons. The summed E-state index contributed by atoms with van der Waals surface area (Å²) in [4.78, 5) is 13.5. The molecule has 0 spiro atoms. The number of benzene rings is 1. The lowest BCUT2D eigenvalue weighted by Gasteiger charge is -2.25. The number of halogens is 1. The van der Waals surface area contributed by atoms with Crippen molar-refractivity contribution in [3.63, 3.8) is 0 Å². The number of hydrogen-bond acceptors (Lipinski definition) is 3. The first kappa shape index (κ1) is 18.0. The van der Waals surface area contributed by atoms with Crippen LogP contribution in [0.15, 0.2) is 24.3 Å². The van der Waals surface area contributed by atoms with Crippen molar-refractivity contribution in [1.82, 2.24) is 4.90 Å². The average Bonchev–Trinajstić information content (AvgIpc) is 2.47. The monoisotopic (exact) mass is 311 g/mol. The molecular weight excluding hydrogens is 286 g/mol. The van der Waals surface area contributed by atoms with Crippen molar-refractivity contribution >= 4 is 17.6 Å². The summed E-state index contributed by atoms with van der Waals surface area (Å²) in [6.07, 6.45) is 3.58. The number of unbranched alkanes of at least 4 members (excludes halogenated alkanes) is 2. The molecule has 0 aromatic heterocycles. The molecule has 0 amide bonds. The zero-order valence-corrected chi connectivity index (χ0v) is 14.0. The molecule has 0 fully saturated rings. The number of esters is 1. The van der Waals surface area contributed by atoms with Gasteiger partial charge in [0.2, 0.25) is 0 Å². The molecule has 0 saturated carbocycles. The number of carbonyl (C=O) groups excluding carboxylic acids is 1. The van der Waals surface area contributed by atoms with E-state index in [9.17, 15) is 4.79 Å². The fraction of sp³-hybridized carbons (Fsp3) is 0.588. The summed E-state index contributed by atoms with van der Waals surface area (Å²) < 4.78 is 4.92. The molecule has 1 rings (SSSR count). The maximum atomic E-state index is 11.2. The summed E-state index contributed by atoms with van der Waals surface area (Å²) in [7, 11) is 2.13. The van der Waals surface area contributed by atoms with Gasteiger partial charge in [-0.1, -0.05) is 30.2 Å². The minimum Gasteiger partial charge on any atom is -0.466 e. The number of ether oxygens (including phenoxy) is 1. The normalized spacial score (nSPS) is 12.4. The van der Waals surface area contributed by atoms with E-state index in [1.165, 1.54) is 5.56 Å². The van der Waals surface area contributed by atoms with Gasteiger partial charge in [0.15, 0.2) is 0 Å². The number of rotatable bonds is 9. The van der Waals surface area contributed by atoms with E-state index in [-0.39, 0.29) is 5.97 Å². The second-order valence-corrected chi connectivity index (χ2v) is 5.76. The van der Waals surface area contributed by atoms with Crippen LogP contribution in [0.3, 0.4) is 0 Å². The minimum atomic E-state index is -0.0830. The molecule has 118 valence electrons. The Hall–Kier alpha value is -1.06. The molecular formula is C17H26ClNO2. The molecule has 0 saturated heterocycles. The first-order valence-corrected chi connectivity index (χ1v) is 8.03. The summed E-state index contributed by atoms with van der Waals surface area (Å²) in [5.41, 5.74) is 1.27. The molecule has 1 aromatic rings. The number of nitrogens with zero attached hydrogens (tertiary/aromatic N) is 1. The van der Waals surface area contributed by atoms with E-state index in [0.717, 1.165) is 30.8 Å². The molecule has 0 aliphatic rings. The van der Waals surface area contributed by atoms with Crippen molar-refractivity contribution in [1.29, 1.82) is 0 Å². The van der Waals surface area contributed by atoms with Crippen LogP contribution in [0.2, 0.25) is 5.02 Å². The van der Waals surface area contributed by atoms with Crippen molar-refractivity contribution in [2.75, 3.05) is 20.2 Å². The predicted octanol–water partition coefficient (Wildman–Crippen LogP) is 4.46. The highest BCUT2D eigenvalue weighted by atomic mass is 35.5. The molecule has 0 N–H and O–H groups in total.